The summed E-state index contributed by atoms with van der Waals surface area (Å²) in [7, 11) is 0. The maximum atomic E-state index is 12.0. The lowest BCUT2D eigenvalue weighted by molar-refractivity contribution is 0.0527. The summed E-state index contributed by atoms with van der Waals surface area (Å²) >= 11 is 0. The summed E-state index contributed by atoms with van der Waals surface area (Å²) < 4.78 is 4.98. The number of hydrogen-bond acceptors (Lipinski definition) is 3. The van der Waals surface area contributed by atoms with Gasteiger partial charge in [-0.15, -0.1) is 0 Å². The Kier molecular flexibility index (Phi) is 6.14. The smallest absolute Gasteiger partial charge is 0.340 e. The van der Waals surface area contributed by atoms with Crippen molar-refractivity contribution in [3.63, 3.8) is 0 Å². The SMILES string of the molecule is CCOC(=O)c1ccccc1NC(=O)N/C=C/c1cccc(C)c1. The quantitative estimate of drug-likeness (QED) is 0.818. The van der Waals surface area contributed by atoms with E-state index in [1.807, 2.05) is 31.2 Å². The van der Waals surface area contributed by atoms with Gasteiger partial charge >= 0.3 is 12.0 Å². The van der Waals surface area contributed by atoms with E-state index in [9.17, 15) is 9.59 Å². The summed E-state index contributed by atoms with van der Waals surface area (Å²) in [4.78, 5) is 23.8. The van der Waals surface area contributed by atoms with E-state index in [1.54, 1.807) is 43.5 Å². The number of aryl methyl sites for hydroxylation is 1. The molecule has 24 heavy (non-hydrogen) atoms. The maximum absolute atomic E-state index is 12.0. The molecule has 124 valence electrons. The van der Waals surface area contributed by atoms with Crippen molar-refractivity contribution in [3.8, 4) is 0 Å². The van der Waals surface area contributed by atoms with Gasteiger partial charge in [0.05, 0.1) is 17.9 Å². The molecule has 0 saturated carbocycles. The van der Waals surface area contributed by atoms with E-state index >= 15 is 0 Å². The molecule has 0 atom stereocenters. The number of para-hydroxylation sites is 1. The maximum Gasteiger partial charge on any atom is 0.340 e. The Balaban J connectivity index is 1.99. The lowest BCUT2D eigenvalue weighted by Crippen LogP contribution is -2.25. The van der Waals surface area contributed by atoms with Crippen LogP contribution in [-0.4, -0.2) is 18.6 Å². The molecule has 5 nitrogen and oxygen atoms in total. The van der Waals surface area contributed by atoms with Gasteiger partial charge < -0.3 is 15.4 Å². The van der Waals surface area contributed by atoms with E-state index < -0.39 is 12.0 Å². The number of benzene rings is 2. The van der Waals surface area contributed by atoms with Gasteiger partial charge in [0.2, 0.25) is 0 Å². The van der Waals surface area contributed by atoms with Gasteiger partial charge in [-0.2, -0.15) is 0 Å². The molecule has 0 aliphatic rings. The standard InChI is InChI=1S/C19H20N2O3/c1-3-24-18(22)16-9-4-5-10-17(16)21-19(23)20-12-11-15-8-6-7-14(2)13-15/h4-13H,3H2,1-2H3,(H2,20,21,23)/b12-11+. The summed E-state index contributed by atoms with van der Waals surface area (Å²) in [5.41, 5.74) is 2.85. The zero-order valence-electron chi connectivity index (χ0n) is 13.7. The van der Waals surface area contributed by atoms with Crippen LogP contribution in [0.15, 0.2) is 54.7 Å². The number of esters is 1. The summed E-state index contributed by atoms with van der Waals surface area (Å²) in [6, 6.07) is 14.2. The largest absolute Gasteiger partial charge is 0.462 e. The topological polar surface area (TPSA) is 67.4 Å². The summed E-state index contributed by atoms with van der Waals surface area (Å²) in [6.45, 7) is 4.01. The van der Waals surface area contributed by atoms with E-state index in [4.69, 9.17) is 4.74 Å². The van der Waals surface area contributed by atoms with E-state index in [2.05, 4.69) is 10.6 Å². The first-order valence-corrected chi connectivity index (χ1v) is 7.67. The minimum Gasteiger partial charge on any atom is -0.462 e. The van der Waals surface area contributed by atoms with Gasteiger partial charge in [0.25, 0.3) is 0 Å². The molecule has 0 aliphatic carbocycles. The van der Waals surface area contributed by atoms with Crippen LogP contribution < -0.4 is 10.6 Å². The lowest BCUT2D eigenvalue weighted by atomic mass is 10.1. The Morgan fingerprint density at radius 1 is 1.12 bits per heavy atom. The third-order valence-corrected chi connectivity index (χ3v) is 3.20. The molecule has 0 spiro atoms. The Morgan fingerprint density at radius 2 is 1.92 bits per heavy atom. The molecule has 0 saturated heterocycles. The molecule has 2 amide bonds. The van der Waals surface area contributed by atoms with Gasteiger partial charge in [0.1, 0.15) is 0 Å². The highest BCUT2D eigenvalue weighted by atomic mass is 16.5. The average Bonchev–Trinajstić information content (AvgIpc) is 2.55. The van der Waals surface area contributed by atoms with Crippen LogP contribution in [0.3, 0.4) is 0 Å². The molecule has 2 rings (SSSR count). The zero-order chi connectivity index (χ0) is 17.4. The van der Waals surface area contributed by atoms with Crippen LogP contribution in [-0.2, 0) is 4.74 Å². The Hall–Kier alpha value is -3.08. The second-order valence-electron chi connectivity index (χ2n) is 5.11. The molecule has 0 aromatic heterocycles. The van der Waals surface area contributed by atoms with Crippen molar-refractivity contribution in [1.82, 2.24) is 5.32 Å². The second-order valence-corrected chi connectivity index (χ2v) is 5.11. The summed E-state index contributed by atoms with van der Waals surface area (Å²) in [5, 5.41) is 5.26. The first kappa shape index (κ1) is 17.3. The third kappa shape index (κ3) is 4.98. The number of carbonyl (C=O) groups excluding carboxylic acids is 2. The van der Waals surface area contributed by atoms with E-state index in [1.165, 1.54) is 0 Å². The van der Waals surface area contributed by atoms with Crippen molar-refractivity contribution in [2.45, 2.75) is 13.8 Å². The molecule has 2 aromatic carbocycles. The number of hydrogen-bond donors (Lipinski definition) is 2. The van der Waals surface area contributed by atoms with Crippen molar-refractivity contribution in [2.24, 2.45) is 0 Å². The van der Waals surface area contributed by atoms with Crippen LogP contribution in [0, 0.1) is 6.92 Å². The molecular formula is C19H20N2O3. The Labute approximate surface area is 141 Å². The second kappa shape index (κ2) is 8.53. The van der Waals surface area contributed by atoms with Crippen LogP contribution in [0.25, 0.3) is 6.08 Å². The van der Waals surface area contributed by atoms with Gasteiger partial charge in [-0.05, 0) is 37.6 Å². The van der Waals surface area contributed by atoms with Crippen molar-refractivity contribution in [3.05, 3.63) is 71.4 Å². The van der Waals surface area contributed by atoms with Crippen LogP contribution >= 0.6 is 0 Å². The minimum atomic E-state index is -0.469. The van der Waals surface area contributed by atoms with Crippen molar-refractivity contribution < 1.29 is 14.3 Å². The fraction of sp³-hybridized carbons (Fsp3) is 0.158. The molecule has 2 aromatic rings. The Bertz CT molecular complexity index is 754. The van der Waals surface area contributed by atoms with Crippen LogP contribution in [0.2, 0.25) is 0 Å². The molecule has 0 fully saturated rings. The van der Waals surface area contributed by atoms with Gasteiger partial charge in [0, 0.05) is 6.20 Å². The first-order valence-electron chi connectivity index (χ1n) is 7.67. The molecule has 5 heteroatoms. The van der Waals surface area contributed by atoms with Crippen LogP contribution in [0.4, 0.5) is 10.5 Å². The molecule has 0 heterocycles. The van der Waals surface area contributed by atoms with Crippen molar-refractivity contribution in [1.29, 1.82) is 0 Å². The zero-order valence-corrected chi connectivity index (χ0v) is 13.7. The van der Waals surface area contributed by atoms with E-state index in [0.29, 0.717) is 11.3 Å². The number of carbonyl (C=O) groups is 2. The summed E-state index contributed by atoms with van der Waals surface area (Å²) in [6.07, 6.45) is 3.35. The van der Waals surface area contributed by atoms with Crippen molar-refractivity contribution in [2.75, 3.05) is 11.9 Å². The minimum absolute atomic E-state index is 0.276. The predicted octanol–water partition coefficient (Wildman–Crippen LogP) is 3.96. The van der Waals surface area contributed by atoms with Gasteiger partial charge in [-0.3, -0.25) is 0 Å². The van der Waals surface area contributed by atoms with E-state index in [0.717, 1.165) is 11.1 Å². The fourth-order valence-electron chi connectivity index (χ4n) is 2.12. The highest BCUT2D eigenvalue weighted by Crippen LogP contribution is 2.16. The number of amides is 2. The van der Waals surface area contributed by atoms with Gasteiger partial charge in [-0.25, -0.2) is 9.59 Å². The van der Waals surface area contributed by atoms with Gasteiger partial charge in [-0.1, -0.05) is 42.0 Å². The average molecular weight is 324 g/mol. The summed E-state index contributed by atoms with van der Waals surface area (Å²) in [5.74, 6) is -0.469. The van der Waals surface area contributed by atoms with Crippen molar-refractivity contribution >= 4 is 23.8 Å². The predicted molar refractivity (Wildman–Crippen MR) is 94.8 cm³/mol. The van der Waals surface area contributed by atoms with Crippen LogP contribution in [0.1, 0.15) is 28.4 Å². The Morgan fingerprint density at radius 3 is 2.67 bits per heavy atom. The molecule has 0 radical (unpaired) electrons. The molecule has 0 unspecified atom stereocenters. The third-order valence-electron chi connectivity index (χ3n) is 3.20. The molecule has 0 bridgehead atoms. The fourth-order valence-corrected chi connectivity index (χ4v) is 2.12. The number of ether oxygens (including phenoxy) is 1. The first-order chi connectivity index (χ1) is 11.6. The molecule has 2 N–H and O–H groups in total. The van der Waals surface area contributed by atoms with Gasteiger partial charge in [0.15, 0.2) is 0 Å². The van der Waals surface area contributed by atoms with Crippen LogP contribution in [0.5, 0.6) is 0 Å². The normalized spacial score (nSPS) is 10.4. The lowest BCUT2D eigenvalue weighted by Gasteiger charge is -2.09. The number of anilines is 1. The number of nitrogens with one attached hydrogen (secondary N) is 2. The number of rotatable bonds is 5. The van der Waals surface area contributed by atoms with E-state index in [-0.39, 0.29) is 6.61 Å². The highest BCUT2D eigenvalue weighted by molar-refractivity contribution is 6.01. The molecule has 0 aliphatic heterocycles. The highest BCUT2D eigenvalue weighted by Gasteiger charge is 2.13. The monoisotopic (exact) mass is 324 g/mol. The number of urea groups is 1. The molecular weight excluding hydrogens is 304 g/mol.